The molecule has 0 fully saturated rings. The van der Waals surface area contributed by atoms with Crippen LogP contribution >= 0.6 is 0 Å². The molecule has 14 heavy (non-hydrogen) atoms. The van der Waals surface area contributed by atoms with Crippen LogP contribution < -0.4 is 10.6 Å². The Morgan fingerprint density at radius 2 is 1.93 bits per heavy atom. The molecular weight excluding hydrogens is 179 g/mol. The molecule has 1 aromatic rings. The minimum absolute atomic E-state index is 0.150. The largest absolute Gasteiger partial charge is 0.377 e. The summed E-state index contributed by atoms with van der Waals surface area (Å²) in [6, 6.07) is 3.20. The van der Waals surface area contributed by atoms with E-state index in [9.17, 15) is 4.39 Å². The van der Waals surface area contributed by atoms with Gasteiger partial charge in [0.05, 0.1) is 0 Å². The molecule has 0 aliphatic heterocycles. The van der Waals surface area contributed by atoms with Crippen LogP contribution in [-0.4, -0.2) is 14.1 Å². The molecule has 2 nitrogen and oxygen atoms in total. The van der Waals surface area contributed by atoms with Crippen molar-refractivity contribution in [2.45, 2.75) is 19.9 Å². The molecule has 0 saturated carbocycles. The van der Waals surface area contributed by atoms with Gasteiger partial charge in [-0.15, -0.1) is 0 Å². The van der Waals surface area contributed by atoms with E-state index in [1.165, 1.54) is 6.07 Å². The molecule has 0 heterocycles. The van der Waals surface area contributed by atoms with Crippen molar-refractivity contribution in [2.75, 3.05) is 19.0 Å². The minimum Gasteiger partial charge on any atom is -0.377 e. The number of anilines is 1. The number of benzene rings is 1. The van der Waals surface area contributed by atoms with Gasteiger partial charge in [-0.3, -0.25) is 0 Å². The fourth-order valence-electron chi connectivity index (χ4n) is 1.43. The average molecular weight is 196 g/mol. The van der Waals surface area contributed by atoms with Crippen molar-refractivity contribution >= 4 is 5.69 Å². The molecule has 1 atom stereocenters. The molecule has 78 valence electrons. The van der Waals surface area contributed by atoms with Gasteiger partial charge < -0.3 is 10.6 Å². The molecule has 3 heteroatoms. The third-order valence-electron chi connectivity index (χ3n) is 2.28. The molecule has 0 aliphatic rings. The molecule has 1 rings (SSSR count). The first-order chi connectivity index (χ1) is 6.43. The van der Waals surface area contributed by atoms with E-state index in [1.54, 1.807) is 6.92 Å². The van der Waals surface area contributed by atoms with Gasteiger partial charge in [0.2, 0.25) is 0 Å². The lowest BCUT2D eigenvalue weighted by Gasteiger charge is -2.20. The summed E-state index contributed by atoms with van der Waals surface area (Å²) in [5.74, 6) is -0.192. The number of rotatable bonds is 2. The monoisotopic (exact) mass is 196 g/mol. The molecule has 0 bridgehead atoms. The maximum atomic E-state index is 13.3. The summed E-state index contributed by atoms with van der Waals surface area (Å²) in [7, 11) is 3.86. The number of hydrogen-bond donors (Lipinski definition) is 1. The highest BCUT2D eigenvalue weighted by atomic mass is 19.1. The highest BCUT2D eigenvalue weighted by Crippen LogP contribution is 2.26. The highest BCUT2D eigenvalue weighted by molar-refractivity contribution is 5.56. The molecule has 1 aromatic carbocycles. The molecule has 0 amide bonds. The van der Waals surface area contributed by atoms with E-state index in [0.717, 1.165) is 11.3 Å². The quantitative estimate of drug-likeness (QED) is 0.785. The summed E-state index contributed by atoms with van der Waals surface area (Å²) in [4.78, 5) is 1.95. The number of nitrogens with zero attached hydrogens (tertiary/aromatic N) is 1. The van der Waals surface area contributed by atoms with Crippen LogP contribution in [0.5, 0.6) is 0 Å². The maximum absolute atomic E-state index is 13.3. The molecular formula is C11H17FN2. The van der Waals surface area contributed by atoms with Crippen LogP contribution in [0.25, 0.3) is 0 Å². The Labute approximate surface area is 84.5 Å². The Hall–Kier alpha value is -1.09. The van der Waals surface area contributed by atoms with Gasteiger partial charge in [-0.05, 0) is 37.1 Å². The predicted molar refractivity (Wildman–Crippen MR) is 58.1 cm³/mol. The van der Waals surface area contributed by atoms with Crippen molar-refractivity contribution in [2.24, 2.45) is 5.73 Å². The lowest BCUT2D eigenvalue weighted by Crippen LogP contribution is -2.16. The number of nitrogens with two attached hydrogens (primary N) is 1. The third kappa shape index (κ3) is 2.04. The first kappa shape index (κ1) is 11.0. The summed E-state index contributed by atoms with van der Waals surface area (Å²) in [6.07, 6.45) is 0. The van der Waals surface area contributed by atoms with Gasteiger partial charge in [-0.25, -0.2) is 4.39 Å². The Kier molecular flexibility index (Phi) is 3.11. The lowest BCUT2D eigenvalue weighted by atomic mass is 10.0. The summed E-state index contributed by atoms with van der Waals surface area (Å²) in [5, 5.41) is 0. The SMILES string of the molecule is Cc1cc(N(C)C)c(C(C)N)cc1F. The van der Waals surface area contributed by atoms with E-state index in [-0.39, 0.29) is 11.9 Å². The molecule has 0 saturated heterocycles. The Balaban J connectivity index is 3.31. The zero-order chi connectivity index (χ0) is 10.9. The fraction of sp³-hybridized carbons (Fsp3) is 0.455. The first-order valence-corrected chi connectivity index (χ1v) is 4.66. The molecule has 1 unspecified atom stereocenters. The van der Waals surface area contributed by atoms with Crippen molar-refractivity contribution < 1.29 is 4.39 Å². The van der Waals surface area contributed by atoms with Crippen LogP contribution in [0.2, 0.25) is 0 Å². The molecule has 2 N–H and O–H groups in total. The fourth-order valence-corrected chi connectivity index (χ4v) is 1.43. The maximum Gasteiger partial charge on any atom is 0.126 e. The second-order valence-corrected chi connectivity index (χ2v) is 3.84. The van der Waals surface area contributed by atoms with Gasteiger partial charge in [0, 0.05) is 25.8 Å². The van der Waals surface area contributed by atoms with E-state index < -0.39 is 0 Å². The number of aryl methyl sites for hydroxylation is 1. The number of halogens is 1. The molecule has 0 aliphatic carbocycles. The lowest BCUT2D eigenvalue weighted by molar-refractivity contribution is 0.613. The van der Waals surface area contributed by atoms with E-state index >= 15 is 0 Å². The first-order valence-electron chi connectivity index (χ1n) is 4.66. The van der Waals surface area contributed by atoms with Gasteiger partial charge in [-0.2, -0.15) is 0 Å². The van der Waals surface area contributed by atoms with Gasteiger partial charge in [-0.1, -0.05) is 0 Å². The van der Waals surface area contributed by atoms with Crippen molar-refractivity contribution in [1.29, 1.82) is 0 Å². The zero-order valence-electron chi connectivity index (χ0n) is 9.13. The van der Waals surface area contributed by atoms with Crippen LogP contribution in [0, 0.1) is 12.7 Å². The zero-order valence-corrected chi connectivity index (χ0v) is 9.13. The van der Waals surface area contributed by atoms with Gasteiger partial charge in [0.1, 0.15) is 5.82 Å². The summed E-state index contributed by atoms with van der Waals surface area (Å²) in [6.45, 7) is 3.62. The molecule has 0 spiro atoms. The van der Waals surface area contributed by atoms with E-state index in [1.807, 2.05) is 32.0 Å². The second-order valence-electron chi connectivity index (χ2n) is 3.84. The van der Waals surface area contributed by atoms with Crippen LogP contribution in [0.15, 0.2) is 12.1 Å². The van der Waals surface area contributed by atoms with Gasteiger partial charge in [0.25, 0.3) is 0 Å². The van der Waals surface area contributed by atoms with E-state index in [2.05, 4.69) is 0 Å². The Morgan fingerprint density at radius 3 is 2.36 bits per heavy atom. The van der Waals surface area contributed by atoms with Crippen molar-refractivity contribution in [1.82, 2.24) is 0 Å². The molecule has 0 aromatic heterocycles. The van der Waals surface area contributed by atoms with Crippen LogP contribution in [0.4, 0.5) is 10.1 Å². The summed E-state index contributed by atoms with van der Waals surface area (Å²) >= 11 is 0. The predicted octanol–water partition coefficient (Wildman–Crippen LogP) is 2.22. The Bertz CT molecular complexity index is 299. The van der Waals surface area contributed by atoms with Crippen molar-refractivity contribution in [3.05, 3.63) is 29.1 Å². The third-order valence-corrected chi connectivity index (χ3v) is 2.28. The van der Waals surface area contributed by atoms with Crippen molar-refractivity contribution in [3.8, 4) is 0 Å². The van der Waals surface area contributed by atoms with Crippen LogP contribution in [-0.2, 0) is 0 Å². The standard InChI is InChI=1S/C11H17FN2/c1-7-5-11(14(3)4)9(8(2)13)6-10(7)12/h5-6,8H,13H2,1-4H3. The number of hydrogen-bond acceptors (Lipinski definition) is 2. The van der Waals surface area contributed by atoms with Gasteiger partial charge >= 0.3 is 0 Å². The molecule has 0 radical (unpaired) electrons. The smallest absolute Gasteiger partial charge is 0.126 e. The summed E-state index contributed by atoms with van der Waals surface area (Å²) < 4.78 is 13.3. The highest BCUT2D eigenvalue weighted by Gasteiger charge is 2.11. The van der Waals surface area contributed by atoms with Crippen molar-refractivity contribution in [3.63, 3.8) is 0 Å². The van der Waals surface area contributed by atoms with E-state index in [0.29, 0.717) is 5.56 Å². The summed E-state index contributed by atoms with van der Waals surface area (Å²) in [5.41, 5.74) is 8.26. The normalized spacial score (nSPS) is 12.7. The topological polar surface area (TPSA) is 29.3 Å². The minimum atomic E-state index is -0.192. The van der Waals surface area contributed by atoms with Gasteiger partial charge in [0.15, 0.2) is 0 Å². The average Bonchev–Trinajstić information content (AvgIpc) is 2.08. The van der Waals surface area contributed by atoms with Crippen LogP contribution in [0.1, 0.15) is 24.1 Å². The second kappa shape index (κ2) is 3.96. The Morgan fingerprint density at radius 1 is 1.36 bits per heavy atom. The van der Waals surface area contributed by atoms with E-state index in [4.69, 9.17) is 5.73 Å². The van der Waals surface area contributed by atoms with Crippen LogP contribution in [0.3, 0.4) is 0 Å².